The second-order valence-electron chi connectivity index (χ2n) is 5.50. The molecule has 0 saturated carbocycles. The maximum Gasteiger partial charge on any atom is 0.213 e. The van der Waals surface area contributed by atoms with Crippen molar-refractivity contribution in [3.05, 3.63) is 73.1 Å². The SMILES string of the molecule is C=Cc1ccc2c(c1)nc(-c1ccccn1)n2-c1ccc(OC)nc1. The third-order valence-corrected chi connectivity index (χ3v) is 4.00. The molecule has 122 valence electrons. The smallest absolute Gasteiger partial charge is 0.213 e. The lowest BCUT2D eigenvalue weighted by atomic mass is 10.2. The summed E-state index contributed by atoms with van der Waals surface area (Å²) in [6.45, 7) is 3.83. The summed E-state index contributed by atoms with van der Waals surface area (Å²) < 4.78 is 7.21. The number of ether oxygens (including phenoxy) is 1. The highest BCUT2D eigenvalue weighted by Crippen LogP contribution is 2.28. The summed E-state index contributed by atoms with van der Waals surface area (Å²) in [5, 5.41) is 0. The van der Waals surface area contributed by atoms with Gasteiger partial charge in [-0.3, -0.25) is 9.55 Å². The van der Waals surface area contributed by atoms with Crippen LogP contribution in [-0.4, -0.2) is 26.6 Å². The molecule has 4 rings (SSSR count). The van der Waals surface area contributed by atoms with Gasteiger partial charge < -0.3 is 4.74 Å². The van der Waals surface area contributed by atoms with Crippen LogP contribution in [0.2, 0.25) is 0 Å². The van der Waals surface area contributed by atoms with E-state index in [-0.39, 0.29) is 0 Å². The second kappa shape index (κ2) is 6.20. The molecule has 3 heterocycles. The Kier molecular flexibility index (Phi) is 3.74. The zero-order chi connectivity index (χ0) is 17.2. The first-order valence-corrected chi connectivity index (χ1v) is 7.87. The number of hydrogen-bond donors (Lipinski definition) is 0. The molecule has 0 aliphatic rings. The molecule has 0 aliphatic heterocycles. The Morgan fingerprint density at radius 3 is 2.68 bits per heavy atom. The Hall–Kier alpha value is -3.47. The first-order valence-electron chi connectivity index (χ1n) is 7.87. The van der Waals surface area contributed by atoms with Crippen LogP contribution in [0.3, 0.4) is 0 Å². The van der Waals surface area contributed by atoms with Crippen LogP contribution in [0.25, 0.3) is 34.3 Å². The third kappa shape index (κ3) is 2.65. The van der Waals surface area contributed by atoms with Crippen molar-refractivity contribution in [1.82, 2.24) is 19.5 Å². The Labute approximate surface area is 145 Å². The van der Waals surface area contributed by atoms with Crippen molar-refractivity contribution in [1.29, 1.82) is 0 Å². The van der Waals surface area contributed by atoms with Crippen molar-refractivity contribution < 1.29 is 4.74 Å². The molecule has 0 aliphatic carbocycles. The minimum absolute atomic E-state index is 0.571. The van der Waals surface area contributed by atoms with Gasteiger partial charge in [0.25, 0.3) is 0 Å². The molecule has 0 N–H and O–H groups in total. The number of aromatic nitrogens is 4. The number of methoxy groups -OCH3 is 1. The average molecular weight is 328 g/mol. The van der Waals surface area contributed by atoms with Crippen LogP contribution in [0.15, 0.2) is 67.5 Å². The van der Waals surface area contributed by atoms with Gasteiger partial charge in [0.2, 0.25) is 5.88 Å². The number of fused-ring (bicyclic) bond motifs is 1. The predicted octanol–water partition coefficient (Wildman–Crippen LogP) is 4.13. The van der Waals surface area contributed by atoms with Crippen LogP contribution >= 0.6 is 0 Å². The van der Waals surface area contributed by atoms with Crippen LogP contribution in [-0.2, 0) is 0 Å². The molecule has 0 amide bonds. The third-order valence-electron chi connectivity index (χ3n) is 4.00. The van der Waals surface area contributed by atoms with Crippen LogP contribution in [0, 0.1) is 0 Å². The van der Waals surface area contributed by atoms with E-state index in [9.17, 15) is 0 Å². The van der Waals surface area contributed by atoms with E-state index >= 15 is 0 Å². The highest BCUT2D eigenvalue weighted by atomic mass is 16.5. The van der Waals surface area contributed by atoms with E-state index in [4.69, 9.17) is 9.72 Å². The second-order valence-corrected chi connectivity index (χ2v) is 5.50. The highest BCUT2D eigenvalue weighted by molar-refractivity contribution is 5.84. The van der Waals surface area contributed by atoms with Crippen LogP contribution in [0.1, 0.15) is 5.56 Å². The summed E-state index contributed by atoms with van der Waals surface area (Å²) in [5.41, 5.74) is 4.59. The largest absolute Gasteiger partial charge is 0.481 e. The maximum absolute atomic E-state index is 5.16. The van der Waals surface area contributed by atoms with E-state index in [1.807, 2.05) is 54.6 Å². The summed E-state index contributed by atoms with van der Waals surface area (Å²) in [6.07, 6.45) is 5.35. The Balaban J connectivity index is 2.00. The number of nitrogens with zero attached hydrogens (tertiary/aromatic N) is 4. The quantitative estimate of drug-likeness (QED) is 0.565. The number of rotatable bonds is 4. The molecule has 0 spiro atoms. The summed E-state index contributed by atoms with van der Waals surface area (Å²) >= 11 is 0. The lowest BCUT2D eigenvalue weighted by Gasteiger charge is -2.09. The molecule has 25 heavy (non-hydrogen) atoms. The van der Waals surface area contributed by atoms with Crippen molar-refractivity contribution in [3.63, 3.8) is 0 Å². The molecular formula is C20H16N4O. The van der Waals surface area contributed by atoms with Crippen LogP contribution < -0.4 is 4.74 Å². The molecule has 5 nitrogen and oxygen atoms in total. The van der Waals surface area contributed by atoms with Gasteiger partial charge in [-0.25, -0.2) is 9.97 Å². The van der Waals surface area contributed by atoms with E-state index in [1.54, 1.807) is 19.5 Å². The fourth-order valence-corrected chi connectivity index (χ4v) is 2.78. The highest BCUT2D eigenvalue weighted by Gasteiger charge is 2.15. The van der Waals surface area contributed by atoms with Crippen LogP contribution in [0.5, 0.6) is 5.88 Å². The van der Waals surface area contributed by atoms with E-state index in [1.165, 1.54) is 0 Å². The summed E-state index contributed by atoms with van der Waals surface area (Å²) in [6, 6.07) is 15.7. The van der Waals surface area contributed by atoms with Gasteiger partial charge in [0.15, 0.2) is 5.82 Å². The van der Waals surface area contributed by atoms with Gasteiger partial charge in [-0.1, -0.05) is 24.8 Å². The summed E-state index contributed by atoms with van der Waals surface area (Å²) in [5.74, 6) is 1.34. The van der Waals surface area contributed by atoms with Gasteiger partial charge in [0.05, 0.1) is 30.0 Å². The topological polar surface area (TPSA) is 52.8 Å². The Bertz CT molecular complexity index is 1040. The first-order chi connectivity index (χ1) is 12.3. The molecule has 0 fully saturated rings. The monoisotopic (exact) mass is 328 g/mol. The number of benzene rings is 1. The zero-order valence-electron chi connectivity index (χ0n) is 13.8. The van der Waals surface area contributed by atoms with Gasteiger partial charge in [-0.2, -0.15) is 0 Å². The van der Waals surface area contributed by atoms with Gasteiger partial charge >= 0.3 is 0 Å². The van der Waals surface area contributed by atoms with Gasteiger partial charge in [0.1, 0.15) is 5.69 Å². The van der Waals surface area contributed by atoms with Gasteiger partial charge in [-0.15, -0.1) is 0 Å². The van der Waals surface area contributed by atoms with Crippen molar-refractivity contribution in [3.8, 4) is 23.1 Å². The summed E-state index contributed by atoms with van der Waals surface area (Å²) in [4.78, 5) is 13.6. The fraction of sp³-hybridized carbons (Fsp3) is 0.0500. The first kappa shape index (κ1) is 15.1. The maximum atomic E-state index is 5.16. The average Bonchev–Trinajstić information content (AvgIpc) is 3.07. The molecule has 0 unspecified atom stereocenters. The molecule has 5 heteroatoms. The standard InChI is InChI=1S/C20H16N4O/c1-3-14-7-9-18-17(12-14)23-20(16-6-4-5-11-21-16)24(18)15-8-10-19(25-2)22-13-15/h3-13H,1H2,2H3. The van der Waals surface area contributed by atoms with Gasteiger partial charge in [-0.05, 0) is 35.9 Å². The number of hydrogen-bond acceptors (Lipinski definition) is 4. The molecule has 0 atom stereocenters. The number of imidazole rings is 1. The van der Waals surface area contributed by atoms with E-state index in [0.29, 0.717) is 5.88 Å². The molecule has 4 aromatic rings. The van der Waals surface area contributed by atoms with Crippen molar-refractivity contribution in [2.45, 2.75) is 0 Å². The molecule has 0 radical (unpaired) electrons. The minimum atomic E-state index is 0.571. The number of pyridine rings is 2. The fourth-order valence-electron chi connectivity index (χ4n) is 2.78. The van der Waals surface area contributed by atoms with E-state index in [2.05, 4.69) is 21.1 Å². The van der Waals surface area contributed by atoms with E-state index < -0.39 is 0 Å². The van der Waals surface area contributed by atoms with Crippen molar-refractivity contribution in [2.24, 2.45) is 0 Å². The Morgan fingerprint density at radius 2 is 2.00 bits per heavy atom. The van der Waals surface area contributed by atoms with Crippen molar-refractivity contribution >= 4 is 17.1 Å². The molecule has 1 aromatic carbocycles. The lowest BCUT2D eigenvalue weighted by Crippen LogP contribution is -2.00. The predicted molar refractivity (Wildman–Crippen MR) is 98.7 cm³/mol. The molecule has 3 aromatic heterocycles. The summed E-state index contributed by atoms with van der Waals surface area (Å²) in [7, 11) is 1.60. The Morgan fingerprint density at radius 1 is 1.08 bits per heavy atom. The van der Waals surface area contributed by atoms with E-state index in [0.717, 1.165) is 33.8 Å². The molecule has 0 bridgehead atoms. The normalized spacial score (nSPS) is 10.8. The zero-order valence-corrected chi connectivity index (χ0v) is 13.8. The van der Waals surface area contributed by atoms with Crippen molar-refractivity contribution in [2.75, 3.05) is 7.11 Å². The van der Waals surface area contributed by atoms with Gasteiger partial charge in [0, 0.05) is 12.3 Å². The van der Waals surface area contributed by atoms with Crippen LogP contribution in [0.4, 0.5) is 0 Å². The molecular weight excluding hydrogens is 312 g/mol. The lowest BCUT2D eigenvalue weighted by molar-refractivity contribution is 0.398. The molecule has 0 saturated heterocycles. The minimum Gasteiger partial charge on any atom is -0.481 e.